The normalized spacial score (nSPS) is 11.7. The number of anilines is 1. The second-order valence-electron chi connectivity index (χ2n) is 8.73. The molecule has 0 amide bonds. The van der Waals surface area contributed by atoms with Crippen molar-refractivity contribution in [2.75, 3.05) is 18.0 Å². The summed E-state index contributed by atoms with van der Waals surface area (Å²) in [5.74, 6) is 0. The van der Waals surface area contributed by atoms with E-state index in [4.69, 9.17) is 0 Å². The summed E-state index contributed by atoms with van der Waals surface area (Å²) >= 11 is 0. The maximum Gasteiger partial charge on any atom is 0.199 e. The molecule has 0 aliphatic carbocycles. The van der Waals surface area contributed by atoms with Crippen LogP contribution < -0.4 is 15.8 Å². The van der Waals surface area contributed by atoms with Crippen molar-refractivity contribution in [2.24, 2.45) is 0 Å². The molecule has 33 heavy (non-hydrogen) atoms. The molecule has 0 aliphatic rings. The fraction of sp³-hybridized carbons (Fsp3) is 0.286. The van der Waals surface area contributed by atoms with E-state index in [1.54, 1.807) is 0 Å². The van der Waals surface area contributed by atoms with E-state index >= 15 is 0 Å². The topological polar surface area (TPSA) is 69.0 Å². The quantitative estimate of drug-likeness (QED) is 0.325. The number of aryl methyl sites for hydroxylation is 1. The zero-order valence-corrected chi connectivity index (χ0v) is 19.4. The molecule has 0 fully saturated rings. The van der Waals surface area contributed by atoms with Gasteiger partial charge in [0.1, 0.15) is 0 Å². The summed E-state index contributed by atoms with van der Waals surface area (Å²) in [6.07, 6.45) is 2.85. The van der Waals surface area contributed by atoms with E-state index in [0.29, 0.717) is 27.2 Å². The highest BCUT2D eigenvalue weighted by Crippen LogP contribution is 2.30. The Balaban J connectivity index is 1.90. The molecule has 5 aromatic rings. The molecule has 168 valence electrons. The number of fused-ring (bicyclic) bond motifs is 4. The number of nitrogens with zero attached hydrogens (tertiary/aromatic N) is 1. The van der Waals surface area contributed by atoms with E-state index in [9.17, 15) is 9.59 Å². The summed E-state index contributed by atoms with van der Waals surface area (Å²) in [4.78, 5) is 36.3. The number of rotatable bonds is 6. The molecule has 0 unspecified atom stereocenters. The number of aromatic amines is 2. The fourth-order valence-corrected chi connectivity index (χ4v) is 4.99. The zero-order valence-electron chi connectivity index (χ0n) is 19.4. The Kier molecular flexibility index (Phi) is 5.41. The molecule has 2 aromatic heterocycles. The van der Waals surface area contributed by atoms with Gasteiger partial charge in [0.25, 0.3) is 0 Å². The number of para-hydroxylation sites is 1. The third kappa shape index (κ3) is 3.39. The molecule has 0 saturated carbocycles. The van der Waals surface area contributed by atoms with Crippen LogP contribution in [0.1, 0.15) is 39.2 Å². The maximum absolute atomic E-state index is 13.9. The molecule has 2 heterocycles. The molecule has 0 aliphatic heterocycles. The van der Waals surface area contributed by atoms with E-state index in [2.05, 4.69) is 47.8 Å². The van der Waals surface area contributed by atoms with Crippen molar-refractivity contribution in [1.29, 1.82) is 0 Å². The van der Waals surface area contributed by atoms with Gasteiger partial charge in [-0.25, -0.2) is 0 Å². The highest BCUT2D eigenvalue weighted by atomic mass is 16.1. The van der Waals surface area contributed by atoms with Crippen molar-refractivity contribution in [3.8, 4) is 0 Å². The van der Waals surface area contributed by atoms with E-state index in [0.717, 1.165) is 60.0 Å². The van der Waals surface area contributed by atoms with Gasteiger partial charge in [-0.1, -0.05) is 39.0 Å². The fourth-order valence-electron chi connectivity index (χ4n) is 4.99. The van der Waals surface area contributed by atoms with E-state index in [1.165, 1.54) is 0 Å². The largest absolute Gasteiger partial charge is 0.371 e. The van der Waals surface area contributed by atoms with E-state index in [-0.39, 0.29) is 10.9 Å². The van der Waals surface area contributed by atoms with Crippen LogP contribution in [0.15, 0.2) is 58.1 Å². The molecule has 0 saturated heterocycles. The van der Waals surface area contributed by atoms with Crippen LogP contribution in [0.25, 0.3) is 43.6 Å². The lowest BCUT2D eigenvalue weighted by atomic mass is 10.0. The third-order valence-electron chi connectivity index (χ3n) is 6.55. The summed E-state index contributed by atoms with van der Waals surface area (Å²) in [5, 5.41) is 2.58. The average molecular weight is 440 g/mol. The van der Waals surface area contributed by atoms with Crippen molar-refractivity contribution < 1.29 is 0 Å². The van der Waals surface area contributed by atoms with Crippen molar-refractivity contribution in [3.63, 3.8) is 0 Å². The van der Waals surface area contributed by atoms with Crippen LogP contribution in [-0.2, 0) is 6.42 Å². The highest BCUT2D eigenvalue weighted by molar-refractivity contribution is 6.05. The standard InChI is InChI=1S/C28H29N3O2/c1-4-13-31(14-5-2)24-12-11-17(6-3)26-25(24)28(33)20-16-22-19(15-23(20)30-26)27(32)18-9-7-8-10-21(18)29-22/h7-12,15-16H,4-6,13-14H2,1-3H3,(H,29,32)(H,30,33). The van der Waals surface area contributed by atoms with Crippen LogP contribution in [0.2, 0.25) is 0 Å². The Morgan fingerprint density at radius 2 is 1.39 bits per heavy atom. The van der Waals surface area contributed by atoms with Crippen LogP contribution in [0.4, 0.5) is 5.69 Å². The number of hydrogen-bond acceptors (Lipinski definition) is 3. The molecule has 0 atom stereocenters. The lowest BCUT2D eigenvalue weighted by molar-refractivity contribution is 0.747. The molecule has 5 rings (SSSR count). The Bertz CT molecular complexity index is 1620. The second-order valence-corrected chi connectivity index (χ2v) is 8.73. The van der Waals surface area contributed by atoms with Crippen molar-refractivity contribution in [2.45, 2.75) is 40.0 Å². The Morgan fingerprint density at radius 3 is 2.09 bits per heavy atom. The van der Waals surface area contributed by atoms with Crippen LogP contribution in [0.5, 0.6) is 0 Å². The van der Waals surface area contributed by atoms with Gasteiger partial charge in [-0.05, 0) is 55.2 Å². The molecule has 0 spiro atoms. The van der Waals surface area contributed by atoms with Gasteiger partial charge in [-0.15, -0.1) is 0 Å². The van der Waals surface area contributed by atoms with Gasteiger partial charge in [0, 0.05) is 34.8 Å². The van der Waals surface area contributed by atoms with Gasteiger partial charge in [0.05, 0.1) is 27.6 Å². The SMILES string of the molecule is CCCN(CCC)c1ccc(CC)c2[nH]c3cc4c(=O)c5ccccc5[nH]c4cc3c(=O)c12. The lowest BCUT2D eigenvalue weighted by Gasteiger charge is -2.26. The molecular formula is C28H29N3O2. The number of H-pyrrole nitrogens is 2. The monoisotopic (exact) mass is 439 g/mol. The van der Waals surface area contributed by atoms with Gasteiger partial charge in [-0.3, -0.25) is 9.59 Å². The third-order valence-corrected chi connectivity index (χ3v) is 6.55. The molecular weight excluding hydrogens is 410 g/mol. The number of benzene rings is 3. The molecule has 2 N–H and O–H groups in total. The summed E-state index contributed by atoms with van der Waals surface area (Å²) in [5.41, 5.74) is 5.11. The van der Waals surface area contributed by atoms with Gasteiger partial charge >= 0.3 is 0 Å². The first-order chi connectivity index (χ1) is 16.1. The minimum absolute atomic E-state index is 0.0113. The highest BCUT2D eigenvalue weighted by Gasteiger charge is 2.18. The molecule has 5 heteroatoms. The van der Waals surface area contributed by atoms with Crippen LogP contribution >= 0.6 is 0 Å². The van der Waals surface area contributed by atoms with Gasteiger partial charge < -0.3 is 14.9 Å². The predicted octanol–water partition coefficient (Wildman–Crippen LogP) is 5.86. The summed E-state index contributed by atoms with van der Waals surface area (Å²) < 4.78 is 0. The lowest BCUT2D eigenvalue weighted by Crippen LogP contribution is -2.26. The van der Waals surface area contributed by atoms with Crippen LogP contribution in [0, 0.1) is 0 Å². The van der Waals surface area contributed by atoms with Crippen LogP contribution in [0.3, 0.4) is 0 Å². The maximum atomic E-state index is 13.9. The Hall–Kier alpha value is -3.60. The first-order valence-corrected chi connectivity index (χ1v) is 11.9. The summed E-state index contributed by atoms with van der Waals surface area (Å²) in [7, 11) is 0. The smallest absolute Gasteiger partial charge is 0.199 e. The zero-order chi connectivity index (χ0) is 23.1. The Labute approximate surface area is 192 Å². The molecule has 0 bridgehead atoms. The molecule has 5 nitrogen and oxygen atoms in total. The summed E-state index contributed by atoms with van der Waals surface area (Å²) in [6, 6.07) is 15.4. The minimum atomic E-state index is -0.0243. The first-order valence-electron chi connectivity index (χ1n) is 11.9. The van der Waals surface area contributed by atoms with Crippen LogP contribution in [-0.4, -0.2) is 23.1 Å². The van der Waals surface area contributed by atoms with Crippen molar-refractivity contribution in [1.82, 2.24) is 9.97 Å². The summed E-state index contributed by atoms with van der Waals surface area (Å²) in [6.45, 7) is 8.24. The van der Waals surface area contributed by atoms with E-state index < -0.39 is 0 Å². The number of hydrogen-bond donors (Lipinski definition) is 2. The number of aromatic nitrogens is 2. The number of nitrogens with one attached hydrogen (secondary N) is 2. The average Bonchev–Trinajstić information content (AvgIpc) is 2.83. The van der Waals surface area contributed by atoms with Gasteiger partial charge in [0.2, 0.25) is 0 Å². The second kappa shape index (κ2) is 8.39. The minimum Gasteiger partial charge on any atom is -0.371 e. The first kappa shape index (κ1) is 21.3. The molecule has 3 aromatic carbocycles. The van der Waals surface area contributed by atoms with Crippen molar-refractivity contribution in [3.05, 3.63) is 74.5 Å². The number of pyridine rings is 2. The van der Waals surface area contributed by atoms with Gasteiger partial charge in [0.15, 0.2) is 10.9 Å². The predicted molar refractivity (Wildman–Crippen MR) is 140 cm³/mol. The molecule has 0 radical (unpaired) electrons. The van der Waals surface area contributed by atoms with Crippen molar-refractivity contribution >= 4 is 49.3 Å². The van der Waals surface area contributed by atoms with E-state index in [1.807, 2.05) is 36.4 Å². The Morgan fingerprint density at radius 1 is 0.727 bits per heavy atom. The van der Waals surface area contributed by atoms with Gasteiger partial charge in [-0.2, -0.15) is 0 Å².